The molecule has 1 saturated heterocycles. The molecule has 1 aliphatic heterocycles. The van der Waals surface area contributed by atoms with Gasteiger partial charge in [-0.25, -0.2) is 15.0 Å². The second kappa shape index (κ2) is 10.5. The van der Waals surface area contributed by atoms with Gasteiger partial charge in [-0.2, -0.15) is 0 Å². The molecule has 4 atom stereocenters. The third-order valence-electron chi connectivity index (χ3n) is 5.05. The lowest BCUT2D eigenvalue weighted by molar-refractivity contribution is -0.166. The van der Waals surface area contributed by atoms with E-state index in [-0.39, 0.29) is 6.61 Å². The summed E-state index contributed by atoms with van der Waals surface area (Å²) in [7, 11) is 0. The van der Waals surface area contributed by atoms with Crippen molar-refractivity contribution in [3.63, 3.8) is 0 Å². The molecular weight excluding hydrogens is 573 g/mol. The highest BCUT2D eigenvalue weighted by molar-refractivity contribution is 14.1. The number of nitrogens with one attached hydrogen (secondary N) is 1. The topological polar surface area (TPSA) is 144 Å². The van der Waals surface area contributed by atoms with E-state index in [0.29, 0.717) is 20.8 Å². The molecule has 1 aromatic carbocycles. The Labute approximate surface area is 213 Å². The van der Waals surface area contributed by atoms with Crippen LogP contribution in [-0.2, 0) is 33.3 Å². The van der Waals surface area contributed by atoms with E-state index >= 15 is 0 Å². The summed E-state index contributed by atoms with van der Waals surface area (Å²) in [6.45, 7) is 3.51. The molecular formula is C22H22IN5O7. The number of halogens is 1. The number of fused-ring (bicyclic) bond motifs is 1. The molecule has 0 amide bonds. The summed E-state index contributed by atoms with van der Waals surface area (Å²) in [5.41, 5.74) is 1.66. The number of imidazole rings is 1. The zero-order chi connectivity index (χ0) is 25.1. The summed E-state index contributed by atoms with van der Waals surface area (Å²) in [5.74, 6) is -1.27. The zero-order valence-corrected chi connectivity index (χ0v) is 21.2. The van der Waals surface area contributed by atoms with Gasteiger partial charge in [0.2, 0.25) is 0 Å². The van der Waals surface area contributed by atoms with E-state index in [1.54, 1.807) is 4.57 Å². The number of benzene rings is 1. The van der Waals surface area contributed by atoms with Gasteiger partial charge in [0.1, 0.15) is 12.7 Å². The van der Waals surface area contributed by atoms with Crippen molar-refractivity contribution in [3.05, 3.63) is 40.5 Å². The summed E-state index contributed by atoms with van der Waals surface area (Å²) in [6.07, 6.45) is -2.46. The average molecular weight is 595 g/mol. The number of para-hydroxylation sites is 1. The van der Waals surface area contributed by atoms with Crippen LogP contribution in [0.4, 0.5) is 11.5 Å². The van der Waals surface area contributed by atoms with E-state index in [1.165, 1.54) is 27.1 Å². The summed E-state index contributed by atoms with van der Waals surface area (Å²) in [6, 6.07) is 9.45. The number of hydrogen-bond acceptors (Lipinski definition) is 11. The largest absolute Gasteiger partial charge is 0.463 e. The molecule has 12 nitrogen and oxygen atoms in total. The van der Waals surface area contributed by atoms with Gasteiger partial charge in [0.15, 0.2) is 39.2 Å². The Bertz CT molecular complexity index is 1250. The van der Waals surface area contributed by atoms with Crippen LogP contribution in [0.1, 0.15) is 27.0 Å². The molecule has 13 heteroatoms. The number of ether oxygens (including phenoxy) is 4. The maximum absolute atomic E-state index is 11.9. The summed E-state index contributed by atoms with van der Waals surface area (Å²) >= 11 is 1.99. The van der Waals surface area contributed by atoms with Crippen molar-refractivity contribution in [3.8, 4) is 0 Å². The minimum absolute atomic E-state index is 0.207. The van der Waals surface area contributed by atoms with Gasteiger partial charge in [-0.15, -0.1) is 0 Å². The first-order valence-electron chi connectivity index (χ1n) is 10.6. The number of rotatable bonds is 7. The highest BCUT2D eigenvalue weighted by atomic mass is 127. The van der Waals surface area contributed by atoms with Crippen LogP contribution in [0.3, 0.4) is 0 Å². The molecule has 0 unspecified atom stereocenters. The van der Waals surface area contributed by atoms with E-state index < -0.39 is 42.4 Å². The first-order chi connectivity index (χ1) is 16.7. The molecule has 0 radical (unpaired) electrons. The highest BCUT2D eigenvalue weighted by Crippen LogP contribution is 2.36. The molecule has 184 valence electrons. The van der Waals surface area contributed by atoms with Crippen LogP contribution in [0, 0.1) is 3.83 Å². The molecule has 1 aliphatic rings. The summed E-state index contributed by atoms with van der Waals surface area (Å²) in [5, 5.41) is 3.23. The number of aromatic nitrogens is 4. The smallest absolute Gasteiger partial charge is 0.303 e. The van der Waals surface area contributed by atoms with Crippen LogP contribution in [0.15, 0.2) is 36.7 Å². The van der Waals surface area contributed by atoms with Gasteiger partial charge in [0.25, 0.3) is 0 Å². The second-order valence-electron chi connectivity index (χ2n) is 7.67. The molecule has 0 bridgehead atoms. The Balaban J connectivity index is 1.75. The second-order valence-corrected chi connectivity index (χ2v) is 8.64. The van der Waals surface area contributed by atoms with Crippen molar-refractivity contribution < 1.29 is 33.3 Å². The SMILES string of the molecule is CC(=O)OC[C@@H]1O[C@@H](n2cnc3c(Nc4ccccc4)nc(I)nc32)[C@H](OC(C)=O)[C@@H]1OC(C)=O. The van der Waals surface area contributed by atoms with Crippen LogP contribution in [0.5, 0.6) is 0 Å². The number of esters is 3. The van der Waals surface area contributed by atoms with Gasteiger partial charge in [0.05, 0.1) is 6.33 Å². The predicted octanol–water partition coefficient (Wildman–Crippen LogP) is 2.50. The minimum Gasteiger partial charge on any atom is -0.463 e. The lowest BCUT2D eigenvalue weighted by Gasteiger charge is -2.23. The number of nitrogens with zero attached hydrogens (tertiary/aromatic N) is 4. The average Bonchev–Trinajstić information content (AvgIpc) is 3.34. The zero-order valence-electron chi connectivity index (χ0n) is 19.0. The van der Waals surface area contributed by atoms with Gasteiger partial charge in [-0.3, -0.25) is 19.0 Å². The fraction of sp³-hybridized carbons (Fsp3) is 0.364. The minimum atomic E-state index is -1.05. The van der Waals surface area contributed by atoms with Crippen molar-refractivity contribution in [2.24, 2.45) is 0 Å². The number of hydrogen-bond donors (Lipinski definition) is 1. The van der Waals surface area contributed by atoms with E-state index in [2.05, 4.69) is 20.3 Å². The first kappa shape index (κ1) is 24.8. The van der Waals surface area contributed by atoms with Crippen molar-refractivity contribution in [2.75, 3.05) is 11.9 Å². The fourth-order valence-electron chi connectivity index (χ4n) is 3.74. The lowest BCUT2D eigenvalue weighted by atomic mass is 10.1. The molecule has 0 saturated carbocycles. The Hall–Kier alpha value is -3.33. The Morgan fingerprint density at radius 1 is 1.03 bits per heavy atom. The van der Waals surface area contributed by atoms with Crippen LogP contribution in [0.25, 0.3) is 11.2 Å². The summed E-state index contributed by atoms with van der Waals surface area (Å²) < 4.78 is 24.1. The van der Waals surface area contributed by atoms with Crippen LogP contribution in [0.2, 0.25) is 0 Å². The first-order valence-corrected chi connectivity index (χ1v) is 11.7. The van der Waals surface area contributed by atoms with Crippen molar-refractivity contribution in [1.29, 1.82) is 0 Å². The van der Waals surface area contributed by atoms with Crippen LogP contribution < -0.4 is 5.32 Å². The number of carbonyl (C=O) groups is 3. The maximum Gasteiger partial charge on any atom is 0.303 e. The van der Waals surface area contributed by atoms with Crippen molar-refractivity contribution in [2.45, 2.75) is 45.3 Å². The third-order valence-corrected chi connectivity index (χ3v) is 5.53. The van der Waals surface area contributed by atoms with E-state index in [0.717, 1.165) is 5.69 Å². The monoisotopic (exact) mass is 595 g/mol. The molecule has 4 rings (SSSR count). The normalized spacial score (nSPS) is 21.5. The number of carbonyl (C=O) groups excluding carboxylic acids is 3. The van der Waals surface area contributed by atoms with E-state index in [4.69, 9.17) is 18.9 Å². The standard InChI is InChI=1S/C22H22IN5O7/c1-11(29)32-9-15-17(33-12(2)30)18(34-13(3)31)21(35-15)28-10-24-16-19(26-22(23)27-20(16)28)25-14-7-5-4-6-8-14/h4-8,10,15,17-18,21H,9H2,1-3H3,(H,25,26,27)/t15-,17+,18+,21+/m0/s1. The van der Waals surface area contributed by atoms with Gasteiger partial charge < -0.3 is 24.3 Å². The fourth-order valence-corrected chi connectivity index (χ4v) is 4.21. The number of anilines is 2. The Morgan fingerprint density at radius 2 is 1.71 bits per heavy atom. The Morgan fingerprint density at radius 3 is 2.37 bits per heavy atom. The molecule has 0 aliphatic carbocycles. The summed E-state index contributed by atoms with van der Waals surface area (Å²) in [4.78, 5) is 48.5. The quantitative estimate of drug-likeness (QED) is 0.186. The maximum atomic E-state index is 11.9. The predicted molar refractivity (Wildman–Crippen MR) is 129 cm³/mol. The molecule has 1 N–H and O–H groups in total. The molecule has 0 spiro atoms. The lowest BCUT2D eigenvalue weighted by Crippen LogP contribution is -2.40. The van der Waals surface area contributed by atoms with Gasteiger partial charge in [-0.05, 0) is 12.1 Å². The van der Waals surface area contributed by atoms with Crippen molar-refractivity contribution >= 4 is 63.2 Å². The highest BCUT2D eigenvalue weighted by Gasteiger charge is 2.51. The molecule has 35 heavy (non-hydrogen) atoms. The molecule has 2 aromatic heterocycles. The molecule has 3 aromatic rings. The Kier molecular flexibility index (Phi) is 7.45. The molecule has 1 fully saturated rings. The van der Waals surface area contributed by atoms with Gasteiger partial charge in [0, 0.05) is 49.0 Å². The molecule has 3 heterocycles. The van der Waals surface area contributed by atoms with Gasteiger partial charge in [-0.1, -0.05) is 18.2 Å². The van der Waals surface area contributed by atoms with E-state index in [1.807, 2.05) is 52.9 Å². The third kappa shape index (κ3) is 5.67. The van der Waals surface area contributed by atoms with Crippen LogP contribution >= 0.6 is 22.6 Å². The van der Waals surface area contributed by atoms with E-state index in [9.17, 15) is 14.4 Å². The van der Waals surface area contributed by atoms with Crippen molar-refractivity contribution in [1.82, 2.24) is 19.5 Å². The van der Waals surface area contributed by atoms with Crippen LogP contribution in [-0.4, -0.2) is 62.3 Å². The van der Waals surface area contributed by atoms with Gasteiger partial charge >= 0.3 is 17.9 Å².